The largest absolute Gasteiger partial charge is 0.0586 e. The second-order valence-corrected chi connectivity index (χ2v) is 1.31. The van der Waals surface area contributed by atoms with Gasteiger partial charge in [0.15, 0.2) is 0 Å². The van der Waals surface area contributed by atoms with Crippen LogP contribution in [-0.4, -0.2) is 0 Å². The smallest absolute Gasteiger partial charge is 0.0207 e. The van der Waals surface area contributed by atoms with Gasteiger partial charge in [0.25, 0.3) is 0 Å². The molecule has 0 saturated heterocycles. The van der Waals surface area contributed by atoms with Gasteiger partial charge in [-0.15, -0.1) is 0 Å². The van der Waals surface area contributed by atoms with E-state index < -0.39 is 0 Å². The first-order chi connectivity index (χ1) is 2.91. The van der Waals surface area contributed by atoms with Crippen LogP contribution in [0.4, 0.5) is 0 Å². The molecule has 0 amide bonds. The van der Waals surface area contributed by atoms with E-state index >= 15 is 0 Å². The molecule has 0 spiro atoms. The zero-order valence-electron chi connectivity index (χ0n) is 4.33. The van der Waals surface area contributed by atoms with Crippen molar-refractivity contribution in [1.29, 1.82) is 0 Å². The Morgan fingerprint density at radius 1 is 1.67 bits per heavy atom. The van der Waals surface area contributed by atoms with E-state index in [1.54, 1.807) is 0 Å². The van der Waals surface area contributed by atoms with Gasteiger partial charge in [0.1, 0.15) is 0 Å². The van der Waals surface area contributed by atoms with Crippen LogP contribution in [0.5, 0.6) is 0 Å². The van der Waals surface area contributed by atoms with Gasteiger partial charge in [-0.25, -0.2) is 0 Å². The summed E-state index contributed by atoms with van der Waals surface area (Å²) in [6, 6.07) is 0. The van der Waals surface area contributed by atoms with E-state index in [9.17, 15) is 0 Å². The van der Waals surface area contributed by atoms with Crippen molar-refractivity contribution < 1.29 is 0 Å². The van der Waals surface area contributed by atoms with Crippen molar-refractivity contribution in [2.75, 3.05) is 0 Å². The van der Waals surface area contributed by atoms with E-state index in [1.165, 1.54) is 6.42 Å². The number of hydrogen-bond donors (Lipinski definition) is 0. The van der Waals surface area contributed by atoms with Gasteiger partial charge < -0.3 is 0 Å². The monoisotopic (exact) mass is 83.1 g/mol. The Balaban J connectivity index is 2.34. The average Bonchev–Trinajstić information content (AvgIpc) is 1.61. The number of rotatable bonds is 3. The standard InChI is InChI=1S/C6H11/c1-3-5-6-4-2/h1,3,5-6H2,2H3. The van der Waals surface area contributed by atoms with E-state index in [-0.39, 0.29) is 0 Å². The van der Waals surface area contributed by atoms with Crippen molar-refractivity contribution in [1.82, 2.24) is 0 Å². The Labute approximate surface area is 40.6 Å². The number of unbranched alkanes of at least 4 members (excludes halogenated alkanes) is 3. The third kappa shape index (κ3) is 4.00. The highest BCUT2D eigenvalue weighted by Crippen LogP contribution is 1.93. The minimum Gasteiger partial charge on any atom is -0.0586 e. The third-order valence-corrected chi connectivity index (χ3v) is 0.677. The van der Waals surface area contributed by atoms with E-state index in [0.717, 1.165) is 12.8 Å². The summed E-state index contributed by atoms with van der Waals surface area (Å²) < 4.78 is 0. The lowest BCUT2D eigenvalue weighted by Crippen LogP contribution is -1.67. The average molecular weight is 83.2 g/mol. The predicted molar refractivity (Wildman–Crippen MR) is 28.1 cm³/mol. The summed E-state index contributed by atoms with van der Waals surface area (Å²) in [5.41, 5.74) is 0. The maximum atomic E-state index is 3.68. The summed E-state index contributed by atoms with van der Waals surface area (Å²) in [5, 5.41) is 0. The number of hydrogen-bond acceptors (Lipinski definition) is 0. The van der Waals surface area contributed by atoms with Crippen LogP contribution in [0, 0.1) is 13.3 Å². The van der Waals surface area contributed by atoms with Crippen LogP contribution in [0.2, 0.25) is 0 Å². The van der Waals surface area contributed by atoms with Crippen LogP contribution in [0.1, 0.15) is 26.2 Å². The lowest BCUT2D eigenvalue weighted by atomic mass is 10.2. The fourth-order valence-corrected chi connectivity index (χ4v) is 0.302. The molecule has 0 fully saturated rings. The first kappa shape index (κ1) is 6.00. The lowest BCUT2D eigenvalue weighted by Gasteiger charge is -1.85. The molecule has 0 aromatic heterocycles. The summed E-state index contributed by atoms with van der Waals surface area (Å²) in [4.78, 5) is 0. The van der Waals surface area contributed by atoms with Gasteiger partial charge in [-0.2, -0.15) is 0 Å². The molecule has 35 valence electrons. The molecule has 0 unspecified atom stereocenters. The minimum atomic E-state index is 1.04. The fraction of sp³-hybridized carbons (Fsp3) is 0.667. The Morgan fingerprint density at radius 2 is 2.33 bits per heavy atom. The Morgan fingerprint density at radius 3 is 2.50 bits per heavy atom. The molecule has 0 rings (SSSR count). The summed E-state index contributed by atoms with van der Waals surface area (Å²) >= 11 is 0. The van der Waals surface area contributed by atoms with Crippen LogP contribution >= 0.6 is 0 Å². The molecule has 0 saturated carbocycles. The van der Waals surface area contributed by atoms with Crippen molar-refractivity contribution >= 4 is 0 Å². The van der Waals surface area contributed by atoms with E-state index in [0.29, 0.717) is 0 Å². The van der Waals surface area contributed by atoms with E-state index in [2.05, 4.69) is 13.3 Å². The fourth-order valence-electron chi connectivity index (χ4n) is 0.302. The van der Waals surface area contributed by atoms with Crippen molar-refractivity contribution in [2.24, 2.45) is 0 Å². The molecule has 6 heavy (non-hydrogen) atoms. The summed E-state index contributed by atoms with van der Waals surface area (Å²) in [7, 11) is 0. The van der Waals surface area contributed by atoms with Crippen molar-refractivity contribution in [3.63, 3.8) is 0 Å². The summed E-state index contributed by atoms with van der Waals surface area (Å²) in [6.45, 7) is 5.64. The SMILES string of the molecule is [CH2]CCC[C]C. The molecular formula is C6H11. The molecule has 0 bridgehead atoms. The molecule has 0 heterocycles. The molecule has 0 aliphatic carbocycles. The van der Waals surface area contributed by atoms with Crippen LogP contribution in [-0.2, 0) is 0 Å². The Bertz CT molecular complexity index is 12.0. The summed E-state index contributed by atoms with van der Waals surface area (Å²) in [5.74, 6) is 0. The third-order valence-electron chi connectivity index (χ3n) is 0.677. The molecule has 0 heteroatoms. The van der Waals surface area contributed by atoms with Gasteiger partial charge >= 0.3 is 0 Å². The van der Waals surface area contributed by atoms with Crippen molar-refractivity contribution in [3.8, 4) is 0 Å². The highest BCUT2D eigenvalue weighted by Gasteiger charge is 1.76. The molecule has 0 atom stereocenters. The van der Waals surface area contributed by atoms with Crippen LogP contribution in [0.25, 0.3) is 0 Å². The van der Waals surface area contributed by atoms with E-state index in [4.69, 9.17) is 0 Å². The van der Waals surface area contributed by atoms with Gasteiger partial charge in [0.05, 0.1) is 0 Å². The second kappa shape index (κ2) is 5.00. The quantitative estimate of drug-likeness (QED) is 0.458. The highest BCUT2D eigenvalue weighted by atomic mass is 13.8. The molecule has 0 aliphatic heterocycles. The van der Waals surface area contributed by atoms with Gasteiger partial charge in [-0.3, -0.25) is 0 Å². The van der Waals surface area contributed by atoms with Gasteiger partial charge in [-0.05, 0) is 12.8 Å². The van der Waals surface area contributed by atoms with Crippen molar-refractivity contribution in [2.45, 2.75) is 26.2 Å². The molecular weight excluding hydrogens is 72.1 g/mol. The minimum absolute atomic E-state index is 1.04. The Hall–Kier alpha value is 0. The van der Waals surface area contributed by atoms with Crippen LogP contribution in [0.15, 0.2) is 0 Å². The van der Waals surface area contributed by atoms with Gasteiger partial charge in [-0.1, -0.05) is 26.7 Å². The molecule has 0 nitrogen and oxygen atoms in total. The Kier molecular flexibility index (Phi) is 5.00. The first-order valence-corrected chi connectivity index (χ1v) is 2.35. The molecule has 0 aliphatic rings. The van der Waals surface area contributed by atoms with E-state index in [1.807, 2.05) is 6.92 Å². The van der Waals surface area contributed by atoms with Crippen LogP contribution < -0.4 is 0 Å². The molecule has 0 aromatic rings. The normalized spacial score (nSPS) is 9.00. The summed E-state index contributed by atoms with van der Waals surface area (Å²) in [6.07, 6.45) is 6.36. The molecule has 0 aromatic carbocycles. The maximum Gasteiger partial charge on any atom is -0.0207 e. The second-order valence-electron chi connectivity index (χ2n) is 1.31. The van der Waals surface area contributed by atoms with Crippen molar-refractivity contribution in [3.05, 3.63) is 13.3 Å². The first-order valence-electron chi connectivity index (χ1n) is 2.35. The van der Waals surface area contributed by atoms with Crippen LogP contribution in [0.3, 0.4) is 0 Å². The lowest BCUT2D eigenvalue weighted by molar-refractivity contribution is 0.826. The maximum absolute atomic E-state index is 3.68. The van der Waals surface area contributed by atoms with Gasteiger partial charge in [0.2, 0.25) is 0 Å². The topological polar surface area (TPSA) is 0 Å². The highest BCUT2D eigenvalue weighted by molar-refractivity contribution is 4.54. The molecule has 0 N–H and O–H groups in total. The zero-order valence-corrected chi connectivity index (χ0v) is 4.33. The predicted octanol–water partition coefficient (Wildman–Crippen LogP) is 2.09. The zero-order chi connectivity index (χ0) is 4.83. The molecule has 3 radical (unpaired) electrons. The van der Waals surface area contributed by atoms with Gasteiger partial charge in [0, 0.05) is 0 Å².